The number of thiazole rings is 1. The summed E-state index contributed by atoms with van der Waals surface area (Å²) < 4.78 is 0. The first-order valence-electron chi connectivity index (χ1n) is 9.26. The highest BCUT2D eigenvalue weighted by molar-refractivity contribution is 7.15. The van der Waals surface area contributed by atoms with Crippen LogP contribution in [0.5, 0.6) is 0 Å². The van der Waals surface area contributed by atoms with E-state index in [4.69, 9.17) is 0 Å². The number of hydrogen-bond donors (Lipinski definition) is 1. The Kier molecular flexibility index (Phi) is 4.09. The minimum atomic E-state index is 0.856. The average Bonchev–Trinajstić information content (AvgIpc) is 3.34. The van der Waals surface area contributed by atoms with E-state index in [-0.39, 0.29) is 0 Å². The maximum Gasteiger partial charge on any atom is 0.132 e. The van der Waals surface area contributed by atoms with E-state index in [1.807, 2.05) is 13.1 Å². The second-order valence-corrected chi connectivity index (χ2v) is 8.12. The summed E-state index contributed by atoms with van der Waals surface area (Å²) >= 11 is 1.70. The quantitative estimate of drug-likeness (QED) is 0.572. The smallest absolute Gasteiger partial charge is 0.132 e. The molecule has 0 saturated carbocycles. The van der Waals surface area contributed by atoms with Gasteiger partial charge in [-0.05, 0) is 43.9 Å². The lowest BCUT2D eigenvalue weighted by molar-refractivity contribution is 0.573. The van der Waals surface area contributed by atoms with Crippen LogP contribution in [-0.4, -0.2) is 38.2 Å². The molecule has 1 N–H and O–H groups in total. The highest BCUT2D eigenvalue weighted by atomic mass is 32.1. The Morgan fingerprint density at radius 3 is 2.74 bits per heavy atom. The number of aromatic nitrogens is 5. The number of hydrogen-bond acceptors (Lipinski definition) is 6. The predicted molar refractivity (Wildman–Crippen MR) is 109 cm³/mol. The molecule has 0 unspecified atom stereocenters. The van der Waals surface area contributed by atoms with Gasteiger partial charge in [0.05, 0.1) is 21.1 Å². The van der Waals surface area contributed by atoms with Crippen molar-refractivity contribution in [1.82, 2.24) is 25.1 Å². The molecule has 7 heteroatoms. The summed E-state index contributed by atoms with van der Waals surface area (Å²) in [7, 11) is 0. The Morgan fingerprint density at radius 1 is 1.04 bits per heavy atom. The van der Waals surface area contributed by atoms with Crippen LogP contribution in [0.15, 0.2) is 36.8 Å². The van der Waals surface area contributed by atoms with Gasteiger partial charge in [0.15, 0.2) is 0 Å². The zero-order chi connectivity index (χ0) is 18.2. The number of benzene rings is 1. The monoisotopic (exact) mass is 376 g/mol. The molecule has 136 valence electrons. The second-order valence-electron chi connectivity index (χ2n) is 6.89. The zero-order valence-electron chi connectivity index (χ0n) is 15.1. The number of nitrogens with one attached hydrogen (secondary N) is 1. The van der Waals surface area contributed by atoms with E-state index in [2.05, 4.69) is 54.3 Å². The van der Waals surface area contributed by atoms with E-state index in [1.165, 1.54) is 24.1 Å². The molecule has 1 aliphatic rings. The minimum absolute atomic E-state index is 0.856. The number of piperidine rings is 1. The maximum absolute atomic E-state index is 4.55. The van der Waals surface area contributed by atoms with Crippen molar-refractivity contribution in [2.75, 3.05) is 18.0 Å². The van der Waals surface area contributed by atoms with Crippen LogP contribution >= 0.6 is 11.3 Å². The van der Waals surface area contributed by atoms with Crippen molar-refractivity contribution < 1.29 is 0 Å². The SMILES string of the molecule is Cc1ncc(-c2ccc3[nH]nc(-c4cc(N5CCCCC5)ncn4)c3c2)s1. The standard InChI is InChI=1S/C20H20N6S/c1-13-21-11-18(27-13)14-5-6-16-15(9-14)20(25-24-16)17-10-19(23-12-22-17)26-7-3-2-4-8-26/h5-6,9-12H,2-4,7-8H2,1H3,(H,24,25). The van der Waals surface area contributed by atoms with Gasteiger partial charge in [-0.15, -0.1) is 11.3 Å². The topological polar surface area (TPSA) is 70.6 Å². The van der Waals surface area contributed by atoms with E-state index >= 15 is 0 Å². The number of rotatable bonds is 3. The Morgan fingerprint density at radius 2 is 1.93 bits per heavy atom. The van der Waals surface area contributed by atoms with Gasteiger partial charge in [-0.1, -0.05) is 6.07 Å². The molecule has 0 bridgehead atoms. The number of nitrogens with zero attached hydrogens (tertiary/aromatic N) is 5. The van der Waals surface area contributed by atoms with Gasteiger partial charge in [-0.2, -0.15) is 5.10 Å². The molecule has 27 heavy (non-hydrogen) atoms. The van der Waals surface area contributed by atoms with Crippen molar-refractivity contribution in [3.8, 4) is 21.8 Å². The van der Waals surface area contributed by atoms with E-state index in [9.17, 15) is 0 Å². The molecular formula is C20H20N6S. The van der Waals surface area contributed by atoms with Crippen LogP contribution in [-0.2, 0) is 0 Å². The molecule has 0 radical (unpaired) electrons. The summed E-state index contributed by atoms with van der Waals surface area (Å²) in [6.07, 6.45) is 7.33. The van der Waals surface area contributed by atoms with Crippen molar-refractivity contribution in [3.63, 3.8) is 0 Å². The minimum Gasteiger partial charge on any atom is -0.357 e. The van der Waals surface area contributed by atoms with E-state index in [1.54, 1.807) is 17.7 Å². The summed E-state index contributed by atoms with van der Waals surface area (Å²) in [5.41, 5.74) is 3.89. The summed E-state index contributed by atoms with van der Waals surface area (Å²) in [4.78, 5) is 16.9. The summed E-state index contributed by atoms with van der Waals surface area (Å²) in [5, 5.41) is 9.82. The van der Waals surface area contributed by atoms with Crippen LogP contribution in [0, 0.1) is 6.92 Å². The number of fused-ring (bicyclic) bond motifs is 1. The third-order valence-electron chi connectivity index (χ3n) is 5.04. The molecule has 4 aromatic rings. The van der Waals surface area contributed by atoms with Crippen molar-refractivity contribution in [2.45, 2.75) is 26.2 Å². The summed E-state index contributed by atoms with van der Waals surface area (Å²) in [6.45, 7) is 4.15. The van der Waals surface area contributed by atoms with Crippen LogP contribution in [0.4, 0.5) is 5.82 Å². The normalized spacial score (nSPS) is 14.8. The first-order valence-corrected chi connectivity index (χ1v) is 10.1. The van der Waals surface area contributed by atoms with Gasteiger partial charge in [0, 0.05) is 30.7 Å². The first kappa shape index (κ1) is 16.4. The lowest BCUT2D eigenvalue weighted by Crippen LogP contribution is -2.30. The number of anilines is 1. The molecular weight excluding hydrogens is 356 g/mol. The van der Waals surface area contributed by atoms with Crippen molar-refractivity contribution >= 4 is 28.1 Å². The molecule has 1 fully saturated rings. The molecule has 0 atom stereocenters. The molecule has 0 spiro atoms. The van der Waals surface area contributed by atoms with E-state index in [0.717, 1.165) is 51.8 Å². The maximum atomic E-state index is 4.55. The van der Waals surface area contributed by atoms with Crippen LogP contribution < -0.4 is 4.90 Å². The lowest BCUT2D eigenvalue weighted by atomic mass is 10.1. The highest BCUT2D eigenvalue weighted by Gasteiger charge is 2.16. The van der Waals surface area contributed by atoms with Crippen LogP contribution in [0.3, 0.4) is 0 Å². The molecule has 0 amide bonds. The highest BCUT2D eigenvalue weighted by Crippen LogP contribution is 2.32. The number of aromatic amines is 1. The molecule has 1 aromatic carbocycles. The molecule has 0 aliphatic carbocycles. The molecule has 1 aliphatic heterocycles. The van der Waals surface area contributed by atoms with Gasteiger partial charge >= 0.3 is 0 Å². The molecule has 3 aromatic heterocycles. The number of aryl methyl sites for hydroxylation is 1. The van der Waals surface area contributed by atoms with Crippen LogP contribution in [0.2, 0.25) is 0 Å². The Balaban J connectivity index is 1.56. The fourth-order valence-electron chi connectivity index (χ4n) is 3.63. The third-order valence-corrected chi connectivity index (χ3v) is 6.01. The second kappa shape index (κ2) is 6.74. The zero-order valence-corrected chi connectivity index (χ0v) is 16.0. The molecule has 5 rings (SSSR count). The van der Waals surface area contributed by atoms with Crippen molar-refractivity contribution in [1.29, 1.82) is 0 Å². The largest absolute Gasteiger partial charge is 0.357 e. The van der Waals surface area contributed by atoms with Crippen molar-refractivity contribution in [3.05, 3.63) is 41.8 Å². The van der Waals surface area contributed by atoms with Gasteiger partial charge < -0.3 is 4.90 Å². The van der Waals surface area contributed by atoms with E-state index in [0.29, 0.717) is 0 Å². The van der Waals surface area contributed by atoms with Crippen LogP contribution in [0.1, 0.15) is 24.3 Å². The van der Waals surface area contributed by atoms with Gasteiger partial charge in [-0.3, -0.25) is 5.10 Å². The Labute approximate surface area is 161 Å². The van der Waals surface area contributed by atoms with Gasteiger partial charge in [-0.25, -0.2) is 15.0 Å². The summed E-state index contributed by atoms with van der Waals surface area (Å²) in [6, 6.07) is 8.41. The first-order chi connectivity index (χ1) is 13.3. The third kappa shape index (κ3) is 3.08. The molecule has 6 nitrogen and oxygen atoms in total. The fourth-order valence-corrected chi connectivity index (χ4v) is 4.40. The van der Waals surface area contributed by atoms with Gasteiger partial charge in [0.1, 0.15) is 17.8 Å². The Hall–Kier alpha value is -2.80. The molecule has 4 heterocycles. The predicted octanol–water partition coefficient (Wildman–Crippen LogP) is 4.44. The fraction of sp³-hybridized carbons (Fsp3) is 0.300. The lowest BCUT2D eigenvalue weighted by Gasteiger charge is -2.27. The van der Waals surface area contributed by atoms with Gasteiger partial charge in [0.25, 0.3) is 0 Å². The average molecular weight is 376 g/mol. The van der Waals surface area contributed by atoms with Crippen LogP contribution in [0.25, 0.3) is 32.7 Å². The number of H-pyrrole nitrogens is 1. The summed E-state index contributed by atoms with van der Waals surface area (Å²) in [5.74, 6) is 0.991. The van der Waals surface area contributed by atoms with Gasteiger partial charge in [0.2, 0.25) is 0 Å². The van der Waals surface area contributed by atoms with E-state index < -0.39 is 0 Å². The van der Waals surface area contributed by atoms with Crippen molar-refractivity contribution in [2.24, 2.45) is 0 Å². The molecule has 1 saturated heterocycles. The Bertz CT molecular complexity index is 1090.